The molecule has 19 nitrogen and oxygen atoms in total. The van der Waals surface area contributed by atoms with E-state index in [1.807, 2.05) is 66.7 Å². The van der Waals surface area contributed by atoms with Crippen molar-refractivity contribution < 1.29 is 42.9 Å². The van der Waals surface area contributed by atoms with E-state index in [4.69, 9.17) is 24.7 Å². The van der Waals surface area contributed by atoms with Gasteiger partial charge in [-0.1, -0.05) is 84.9 Å². The second kappa shape index (κ2) is 28.0. The van der Waals surface area contributed by atoms with Gasteiger partial charge in [-0.25, -0.2) is 0 Å². The number of aromatic nitrogens is 2. The summed E-state index contributed by atoms with van der Waals surface area (Å²) in [4.78, 5) is 80.9. The summed E-state index contributed by atoms with van der Waals surface area (Å²) in [6, 6.07) is 42.7. The predicted octanol–water partition coefficient (Wildman–Crippen LogP) is 9.52. The zero-order chi connectivity index (χ0) is 61.1. The van der Waals surface area contributed by atoms with Crippen molar-refractivity contribution in [1.82, 2.24) is 35.1 Å². The molecule has 19 heteroatoms. The number of nitrogens with two attached hydrogens (primary N) is 1. The molecule has 0 radical (unpaired) electrons. The number of piperazine rings is 2. The number of hydrogen-bond acceptors (Lipinski definition) is 15. The van der Waals surface area contributed by atoms with Crippen LogP contribution in [0.1, 0.15) is 138 Å². The van der Waals surface area contributed by atoms with Crippen LogP contribution in [0.25, 0.3) is 0 Å². The van der Waals surface area contributed by atoms with E-state index in [9.17, 15) is 24.0 Å². The Labute approximate surface area is 508 Å². The fourth-order valence-electron chi connectivity index (χ4n) is 12.5. The largest absolute Gasteiger partial charge is 0.493 e. The van der Waals surface area contributed by atoms with Gasteiger partial charge in [-0.3, -0.25) is 48.7 Å². The van der Waals surface area contributed by atoms with Gasteiger partial charge in [-0.15, -0.1) is 0 Å². The number of carbonyl (C=O) groups is 5. The number of carbonyl (C=O) groups excluding carboxylic acids is 5. The number of ether oxygens (including phenoxy) is 4. The second-order valence-corrected chi connectivity index (χ2v) is 22.2. The number of hydrogen-bond donors (Lipinski definition) is 3. The fraction of sp³-hybridized carbons (Fsp3) is 0.353. The van der Waals surface area contributed by atoms with Gasteiger partial charge in [0.15, 0.2) is 23.0 Å². The molecule has 454 valence electrons. The van der Waals surface area contributed by atoms with Crippen LogP contribution in [0.15, 0.2) is 146 Å². The smallest absolute Gasteiger partial charge is 0.264 e. The van der Waals surface area contributed by atoms with Crippen LogP contribution < -0.4 is 39.8 Å². The molecule has 0 unspecified atom stereocenters. The van der Waals surface area contributed by atoms with E-state index < -0.39 is 12.1 Å². The van der Waals surface area contributed by atoms with Crippen molar-refractivity contribution in [2.24, 2.45) is 5.73 Å². The van der Waals surface area contributed by atoms with E-state index in [0.29, 0.717) is 95.6 Å². The Kier molecular flexibility index (Phi) is 19.6. The Hall–Kier alpha value is -9.04. The maximum absolute atomic E-state index is 14.3. The van der Waals surface area contributed by atoms with Gasteiger partial charge in [0.25, 0.3) is 29.5 Å². The Bertz CT molecular complexity index is 3530. The summed E-state index contributed by atoms with van der Waals surface area (Å²) < 4.78 is 21.9. The van der Waals surface area contributed by atoms with Crippen LogP contribution in [0, 0.1) is 0 Å². The van der Waals surface area contributed by atoms with E-state index in [-0.39, 0.29) is 35.6 Å². The van der Waals surface area contributed by atoms with Crippen LogP contribution in [0.3, 0.4) is 0 Å². The molecule has 6 aromatic carbocycles. The first-order valence-corrected chi connectivity index (χ1v) is 29.9. The van der Waals surface area contributed by atoms with Crippen LogP contribution in [-0.4, -0.2) is 153 Å². The normalized spacial score (nSPS) is 16.6. The van der Waals surface area contributed by atoms with Crippen molar-refractivity contribution >= 4 is 40.9 Å². The molecule has 4 aliphatic heterocycles. The monoisotopic (exact) mass is 1180 g/mol. The molecular formula is C68H78N10O9. The number of amides is 5. The Morgan fingerprint density at radius 1 is 0.529 bits per heavy atom. The summed E-state index contributed by atoms with van der Waals surface area (Å²) in [5, 5.41) is 9.36. The molecule has 0 bridgehead atoms. The third-order valence-corrected chi connectivity index (χ3v) is 17.4. The number of aromatic amines is 1. The van der Waals surface area contributed by atoms with Crippen molar-refractivity contribution in [1.29, 1.82) is 0 Å². The standard InChI is InChI=1S/C36H40N6O5.C32H38N4O4/c1-24(25-9-5-4-6-10-25)40-17-19-41(20-18-40)30-12-7-11-28-33(30)36(45)42(35(28)44)29(26-14-15-31(46-2)32(21-26)47-3)13-8-16-37-34(43)27-22-38-39-23-27;1-22(23-9-5-4-6-10-23)34-17-19-35(20-18-34)27-12-7-11-25-30(27)32(38)36(31(25)37)26(13-8-16-33)24-14-15-28(39-2)29(21-24)40-3/h4-7,9-12,14-15,21-24,29H,8,13,16-20H2,1-3H3,(H,37,43)(H,38,39);4-7,9-12,14-15,21-22,26H,8,13,16-20,33H2,1-3H3/t24-,29-;22-,26-/m11/s1. The highest BCUT2D eigenvalue weighted by Gasteiger charge is 2.45. The molecule has 4 aliphatic rings. The van der Waals surface area contributed by atoms with E-state index >= 15 is 0 Å². The van der Waals surface area contributed by atoms with Gasteiger partial charge in [-0.05, 0) is 117 Å². The van der Waals surface area contributed by atoms with Crippen molar-refractivity contribution in [3.8, 4) is 23.0 Å². The lowest BCUT2D eigenvalue weighted by Gasteiger charge is -2.39. The number of methoxy groups -OCH3 is 4. The number of anilines is 2. The summed E-state index contributed by atoms with van der Waals surface area (Å²) >= 11 is 0. The maximum Gasteiger partial charge on any atom is 0.264 e. The lowest BCUT2D eigenvalue weighted by atomic mass is 9.99. The minimum atomic E-state index is -0.593. The number of nitrogens with one attached hydrogen (secondary N) is 2. The zero-order valence-corrected chi connectivity index (χ0v) is 50.4. The molecule has 0 aliphatic carbocycles. The van der Waals surface area contributed by atoms with E-state index in [1.54, 1.807) is 46.6 Å². The lowest BCUT2D eigenvalue weighted by Crippen LogP contribution is -2.47. The summed E-state index contributed by atoms with van der Waals surface area (Å²) in [5.74, 6) is 0.781. The molecule has 5 amide bonds. The molecule has 4 N–H and O–H groups in total. The van der Waals surface area contributed by atoms with Crippen molar-refractivity contribution in [3.05, 3.63) is 196 Å². The molecular weight excluding hydrogens is 1100 g/mol. The minimum Gasteiger partial charge on any atom is -0.493 e. The first kappa shape index (κ1) is 61.1. The maximum atomic E-state index is 14.3. The van der Waals surface area contributed by atoms with E-state index in [0.717, 1.165) is 74.9 Å². The summed E-state index contributed by atoms with van der Waals surface area (Å²) in [5.41, 5.74) is 13.8. The third-order valence-electron chi connectivity index (χ3n) is 17.4. The van der Waals surface area contributed by atoms with E-state index in [1.165, 1.54) is 33.3 Å². The highest BCUT2D eigenvalue weighted by atomic mass is 16.5. The SMILES string of the molecule is COc1ccc([C@@H](CCCN)N2C(=O)c3cccc(N4CCN([C@H](C)c5ccccc5)CC4)c3C2=O)cc1OC.COc1ccc([C@@H](CCCNC(=O)c2cn[nH]c2)N2C(=O)c3cccc(N4CCN([C@H](C)c5ccccc5)CC4)c3C2=O)cc1OC. The van der Waals surface area contributed by atoms with Gasteiger partial charge >= 0.3 is 0 Å². The molecule has 1 aromatic heterocycles. The number of imide groups is 2. The molecule has 4 atom stereocenters. The Balaban J connectivity index is 0.000000195. The predicted molar refractivity (Wildman–Crippen MR) is 334 cm³/mol. The number of fused-ring (bicyclic) bond motifs is 2. The highest BCUT2D eigenvalue weighted by Crippen LogP contribution is 2.43. The third kappa shape index (κ3) is 12.9. The molecule has 0 spiro atoms. The number of benzene rings is 6. The van der Waals surface area contributed by atoms with Crippen molar-refractivity contribution in [2.45, 2.75) is 63.7 Å². The van der Waals surface area contributed by atoms with Crippen molar-refractivity contribution in [2.75, 3.05) is 104 Å². The van der Waals surface area contributed by atoms with Crippen LogP contribution >= 0.6 is 0 Å². The number of rotatable bonds is 22. The summed E-state index contributed by atoms with van der Waals surface area (Å²) in [6.45, 7) is 11.7. The molecule has 11 rings (SSSR count). The Morgan fingerprint density at radius 2 is 0.966 bits per heavy atom. The molecule has 87 heavy (non-hydrogen) atoms. The Morgan fingerprint density at radius 3 is 1.37 bits per heavy atom. The van der Waals surface area contributed by atoms with Gasteiger partial charge < -0.3 is 39.8 Å². The minimum absolute atomic E-state index is 0.245. The van der Waals surface area contributed by atoms with Gasteiger partial charge in [0, 0.05) is 77.2 Å². The van der Waals surface area contributed by atoms with Gasteiger partial charge in [0.2, 0.25) is 0 Å². The fourth-order valence-corrected chi connectivity index (χ4v) is 12.5. The summed E-state index contributed by atoms with van der Waals surface area (Å²) in [7, 11) is 6.27. The summed E-state index contributed by atoms with van der Waals surface area (Å²) in [6.07, 6.45) is 5.16. The van der Waals surface area contributed by atoms with Gasteiger partial charge in [0.1, 0.15) is 0 Å². The first-order chi connectivity index (χ1) is 42.4. The molecule has 7 aromatic rings. The van der Waals surface area contributed by atoms with Gasteiger partial charge in [-0.2, -0.15) is 5.10 Å². The van der Waals surface area contributed by atoms with Crippen molar-refractivity contribution in [3.63, 3.8) is 0 Å². The van der Waals surface area contributed by atoms with E-state index in [2.05, 4.69) is 97.5 Å². The first-order valence-electron chi connectivity index (χ1n) is 29.9. The molecule has 2 fully saturated rings. The average Bonchev–Trinajstić information content (AvgIpc) is 1.76. The molecule has 2 saturated heterocycles. The number of H-pyrrole nitrogens is 1. The van der Waals surface area contributed by atoms with Crippen LogP contribution in [0.5, 0.6) is 23.0 Å². The van der Waals surface area contributed by atoms with Gasteiger partial charge in [0.05, 0.1) is 85.9 Å². The zero-order valence-electron chi connectivity index (χ0n) is 50.4. The molecule has 5 heterocycles. The second-order valence-electron chi connectivity index (χ2n) is 22.2. The van der Waals surface area contributed by atoms with Crippen LogP contribution in [0.4, 0.5) is 11.4 Å². The lowest BCUT2D eigenvalue weighted by molar-refractivity contribution is 0.0557. The van der Waals surface area contributed by atoms with Crippen LogP contribution in [0.2, 0.25) is 0 Å². The highest BCUT2D eigenvalue weighted by molar-refractivity contribution is 6.25. The van der Waals surface area contributed by atoms with Crippen LogP contribution in [-0.2, 0) is 0 Å². The quantitative estimate of drug-likeness (QED) is 0.0427. The number of nitrogens with zero attached hydrogens (tertiary/aromatic N) is 7. The molecule has 0 saturated carbocycles. The average molecular weight is 1180 g/mol. The topological polar surface area (TPSA) is 208 Å².